The van der Waals surface area contributed by atoms with E-state index >= 15 is 0 Å². The highest BCUT2D eigenvalue weighted by Gasteiger charge is 2.18. The first kappa shape index (κ1) is 75.8. The molecule has 4 heteroatoms. The van der Waals surface area contributed by atoms with Crippen molar-refractivity contribution >= 4 is 5.91 Å². The molecule has 78 heavy (non-hydrogen) atoms. The Kier molecular flexibility index (Phi) is 67.2. The first-order valence-corrected chi connectivity index (χ1v) is 35.2. The van der Waals surface area contributed by atoms with E-state index in [9.17, 15) is 15.0 Å². The fourth-order valence-corrected chi connectivity index (χ4v) is 10.9. The molecule has 0 aliphatic heterocycles. The lowest BCUT2D eigenvalue weighted by Crippen LogP contribution is -2.45. The second-order valence-corrected chi connectivity index (χ2v) is 23.9. The monoisotopic (exact) mass is 1090 g/mol. The minimum atomic E-state index is -0.865. The van der Waals surface area contributed by atoms with E-state index in [0.717, 1.165) is 57.8 Å². The van der Waals surface area contributed by atoms with E-state index in [-0.39, 0.29) is 12.5 Å². The average Bonchev–Trinajstić information content (AvgIpc) is 3.44. The second kappa shape index (κ2) is 69.1. The van der Waals surface area contributed by atoms with Crippen LogP contribution in [0.2, 0.25) is 0 Å². The van der Waals surface area contributed by atoms with Crippen LogP contribution in [0, 0.1) is 0 Å². The summed E-state index contributed by atoms with van der Waals surface area (Å²) < 4.78 is 0. The van der Waals surface area contributed by atoms with E-state index in [0.29, 0.717) is 6.42 Å². The minimum absolute atomic E-state index is 0.0674. The molecular weight excluding hydrogens is 951 g/mol. The highest BCUT2D eigenvalue weighted by Crippen LogP contribution is 2.19. The zero-order valence-electron chi connectivity index (χ0n) is 52.7. The average molecular weight is 1090 g/mol. The Morgan fingerprint density at radius 2 is 0.577 bits per heavy atom. The zero-order chi connectivity index (χ0) is 56.2. The van der Waals surface area contributed by atoms with Gasteiger partial charge in [-0.25, -0.2) is 0 Å². The van der Waals surface area contributed by atoms with Crippen molar-refractivity contribution in [1.82, 2.24) is 5.32 Å². The lowest BCUT2D eigenvalue weighted by molar-refractivity contribution is -0.123. The highest BCUT2D eigenvalue weighted by molar-refractivity contribution is 5.76. The van der Waals surface area contributed by atoms with Gasteiger partial charge >= 0.3 is 0 Å². The minimum Gasteiger partial charge on any atom is -0.394 e. The van der Waals surface area contributed by atoms with Crippen LogP contribution in [0.15, 0.2) is 72.9 Å². The maximum absolute atomic E-state index is 12.5. The van der Waals surface area contributed by atoms with Crippen LogP contribution in [0.5, 0.6) is 0 Å². The van der Waals surface area contributed by atoms with Crippen LogP contribution in [0.1, 0.15) is 373 Å². The van der Waals surface area contributed by atoms with Crippen molar-refractivity contribution in [3.8, 4) is 0 Å². The number of carbonyl (C=O) groups excluding carboxylic acids is 1. The maximum Gasteiger partial charge on any atom is 0.220 e. The number of amides is 1. The van der Waals surface area contributed by atoms with Crippen LogP contribution in [-0.4, -0.2) is 34.9 Å². The molecule has 0 aromatic heterocycles. The molecule has 456 valence electrons. The molecule has 2 atom stereocenters. The van der Waals surface area contributed by atoms with Gasteiger partial charge in [0.15, 0.2) is 0 Å². The first-order chi connectivity index (χ1) is 38.7. The summed E-state index contributed by atoms with van der Waals surface area (Å²) in [6.07, 6.45) is 100. The van der Waals surface area contributed by atoms with Crippen LogP contribution >= 0.6 is 0 Å². The van der Waals surface area contributed by atoms with Gasteiger partial charge < -0.3 is 15.5 Å². The third-order valence-electron chi connectivity index (χ3n) is 16.2. The van der Waals surface area contributed by atoms with Crippen molar-refractivity contribution in [3.63, 3.8) is 0 Å². The van der Waals surface area contributed by atoms with Crippen LogP contribution in [0.4, 0.5) is 0 Å². The molecule has 0 radical (unpaired) electrons. The lowest BCUT2D eigenvalue weighted by Gasteiger charge is -2.19. The number of aliphatic hydroxyl groups excluding tert-OH is 2. The zero-order valence-corrected chi connectivity index (χ0v) is 52.7. The number of hydrogen-bond donors (Lipinski definition) is 3. The maximum atomic E-state index is 12.5. The second-order valence-electron chi connectivity index (χ2n) is 23.9. The molecule has 0 aromatic carbocycles. The van der Waals surface area contributed by atoms with E-state index in [2.05, 4.69) is 79.9 Å². The fraction of sp³-hybridized carbons (Fsp3) is 0.824. The Balaban J connectivity index is 3.45. The van der Waals surface area contributed by atoms with Gasteiger partial charge in [-0.15, -0.1) is 0 Å². The molecule has 0 spiro atoms. The van der Waals surface area contributed by atoms with Gasteiger partial charge in [0.2, 0.25) is 5.91 Å². The Labute approximate surface area is 489 Å². The molecular formula is C74H137NO3. The van der Waals surface area contributed by atoms with Gasteiger partial charge in [-0.3, -0.25) is 4.79 Å². The van der Waals surface area contributed by atoms with E-state index in [1.807, 2.05) is 6.08 Å². The molecule has 0 saturated heterocycles. The summed E-state index contributed by atoms with van der Waals surface area (Å²) in [5.41, 5.74) is 0. The van der Waals surface area contributed by atoms with Crippen molar-refractivity contribution < 1.29 is 15.0 Å². The smallest absolute Gasteiger partial charge is 0.220 e. The van der Waals surface area contributed by atoms with Crippen LogP contribution < -0.4 is 5.32 Å². The van der Waals surface area contributed by atoms with E-state index in [1.54, 1.807) is 6.08 Å². The standard InChI is InChI=1S/C74H137NO3/c1-3-5-7-9-11-13-15-17-19-21-23-25-27-29-31-33-34-35-36-37-38-39-40-42-44-46-48-50-52-54-56-58-60-62-64-66-68-70-74(78)75-72(71-76)73(77)69-67-65-63-61-59-57-55-53-51-49-47-45-43-41-32-30-28-26-24-22-20-18-16-14-12-10-8-6-4-2/h5,7,11,13,17,19,23,25,59,61,67,69,72-73,76-77H,3-4,6,8-10,12,14-16,18,20-22,24,26-58,60,62-66,68,70-71H2,1-2H3,(H,75,78)/b7-5-,13-11-,19-17-,25-23-,61-59+,69-67+. The molecule has 0 aliphatic rings. The third kappa shape index (κ3) is 64.6. The fourth-order valence-electron chi connectivity index (χ4n) is 10.9. The summed E-state index contributed by atoms with van der Waals surface area (Å²) in [5.74, 6) is -0.0674. The topological polar surface area (TPSA) is 69.6 Å². The number of unbranched alkanes of at least 4 members (excludes halogenated alkanes) is 48. The van der Waals surface area contributed by atoms with Crippen molar-refractivity contribution in [2.75, 3.05) is 6.61 Å². The van der Waals surface area contributed by atoms with Gasteiger partial charge in [0.05, 0.1) is 18.8 Å². The number of aliphatic hydroxyl groups is 2. The number of hydrogen-bond acceptors (Lipinski definition) is 3. The summed E-state index contributed by atoms with van der Waals surface area (Å²) in [6.45, 7) is 4.22. The SMILES string of the molecule is CC/C=C\C/C=C\C/C=C\C/C=C\CCCCCCCCCCCCCCCCCCCCCCCCCCC(=O)NC(CO)C(O)/C=C/CC/C=C/CCCCCCCCCCCCCCCCCCCCCCCCC. The molecule has 3 N–H and O–H groups in total. The van der Waals surface area contributed by atoms with E-state index in [4.69, 9.17) is 0 Å². The molecule has 1 amide bonds. The summed E-state index contributed by atoms with van der Waals surface area (Å²) in [6, 6.07) is -0.641. The Bertz CT molecular complexity index is 1330. The molecule has 0 rings (SSSR count). The molecule has 0 fully saturated rings. The van der Waals surface area contributed by atoms with Gasteiger partial charge in [0.1, 0.15) is 0 Å². The number of carbonyl (C=O) groups is 1. The molecule has 0 heterocycles. The largest absolute Gasteiger partial charge is 0.394 e. The lowest BCUT2D eigenvalue weighted by atomic mass is 10.0. The molecule has 4 nitrogen and oxygen atoms in total. The van der Waals surface area contributed by atoms with Crippen LogP contribution in [-0.2, 0) is 4.79 Å². The predicted molar refractivity (Wildman–Crippen MR) is 350 cm³/mol. The molecule has 0 aromatic rings. The van der Waals surface area contributed by atoms with Gasteiger partial charge in [-0.2, -0.15) is 0 Å². The quantitative estimate of drug-likeness (QED) is 0.0420. The Morgan fingerprint density at radius 1 is 0.321 bits per heavy atom. The summed E-state index contributed by atoms with van der Waals surface area (Å²) >= 11 is 0. The number of nitrogens with one attached hydrogen (secondary N) is 1. The summed E-state index contributed by atoms with van der Waals surface area (Å²) in [5, 5.41) is 23.3. The van der Waals surface area contributed by atoms with Crippen molar-refractivity contribution in [2.45, 2.75) is 386 Å². The van der Waals surface area contributed by atoms with Gasteiger partial charge in [-0.1, -0.05) is 369 Å². The Hall–Kier alpha value is -2.17. The number of allylic oxidation sites excluding steroid dienone is 11. The molecule has 0 aliphatic carbocycles. The molecule has 0 bridgehead atoms. The predicted octanol–water partition coefficient (Wildman–Crippen LogP) is 24.0. The summed E-state index contributed by atoms with van der Waals surface area (Å²) in [4.78, 5) is 12.5. The molecule has 2 unspecified atom stereocenters. The van der Waals surface area contributed by atoms with E-state index < -0.39 is 12.1 Å². The van der Waals surface area contributed by atoms with E-state index in [1.165, 1.54) is 295 Å². The van der Waals surface area contributed by atoms with Crippen LogP contribution in [0.25, 0.3) is 0 Å². The van der Waals surface area contributed by atoms with Crippen molar-refractivity contribution in [1.29, 1.82) is 0 Å². The van der Waals surface area contributed by atoms with Crippen molar-refractivity contribution in [3.05, 3.63) is 72.9 Å². The van der Waals surface area contributed by atoms with Crippen molar-refractivity contribution in [2.24, 2.45) is 0 Å². The normalized spacial score (nSPS) is 13.1. The third-order valence-corrected chi connectivity index (χ3v) is 16.2. The Morgan fingerprint density at radius 3 is 0.897 bits per heavy atom. The van der Waals surface area contributed by atoms with Gasteiger partial charge in [0, 0.05) is 6.42 Å². The van der Waals surface area contributed by atoms with Gasteiger partial charge in [0.25, 0.3) is 0 Å². The number of rotatable bonds is 65. The first-order valence-electron chi connectivity index (χ1n) is 35.2. The van der Waals surface area contributed by atoms with Crippen LogP contribution in [0.3, 0.4) is 0 Å². The molecule has 0 saturated carbocycles. The van der Waals surface area contributed by atoms with Gasteiger partial charge in [-0.05, 0) is 70.6 Å². The highest BCUT2D eigenvalue weighted by atomic mass is 16.3. The summed E-state index contributed by atoms with van der Waals surface area (Å²) in [7, 11) is 0.